The predicted molar refractivity (Wildman–Crippen MR) is 31.2 cm³/mol. The molecule has 0 aliphatic heterocycles. The van der Waals surface area contributed by atoms with Crippen molar-refractivity contribution < 1.29 is 35.3 Å². The number of sulfone groups is 3. The SMILES string of the molecule is CCS(=O)([O-])([O-])C(F)(F)C(F)(F)F. The van der Waals surface area contributed by atoms with Gasteiger partial charge in [0.05, 0.1) is 0 Å². The lowest BCUT2D eigenvalue weighted by atomic mass is 10.7. The van der Waals surface area contributed by atoms with Gasteiger partial charge in [-0.25, -0.2) is 0 Å². The van der Waals surface area contributed by atoms with Crippen LogP contribution in [-0.4, -0.2) is 30.5 Å². The summed E-state index contributed by atoms with van der Waals surface area (Å²) in [7, 11) is -7.46. The van der Waals surface area contributed by atoms with Crippen LogP contribution in [0.4, 0.5) is 22.0 Å². The molecule has 0 aromatic heterocycles. The van der Waals surface area contributed by atoms with Crippen LogP contribution < -0.4 is 0 Å². The summed E-state index contributed by atoms with van der Waals surface area (Å²) in [6.07, 6.45) is -6.38. The third-order valence-electron chi connectivity index (χ3n) is 1.32. The zero-order chi connectivity index (χ0) is 11.2. The van der Waals surface area contributed by atoms with Gasteiger partial charge in [0.1, 0.15) is 0 Å². The Balaban J connectivity index is 5.43. The summed E-state index contributed by atoms with van der Waals surface area (Å²) >= 11 is 0. The van der Waals surface area contributed by atoms with Gasteiger partial charge in [0.25, 0.3) is 0 Å². The number of halogens is 5. The molecule has 0 rings (SSSR count). The molecule has 0 aromatic carbocycles. The minimum atomic E-state index is -7.46. The highest BCUT2D eigenvalue weighted by Crippen LogP contribution is 2.48. The fourth-order valence-electron chi connectivity index (χ4n) is 0.405. The van der Waals surface area contributed by atoms with Gasteiger partial charge < -0.3 is 13.3 Å². The van der Waals surface area contributed by atoms with E-state index in [-0.39, 0.29) is 0 Å². The highest BCUT2D eigenvalue weighted by Gasteiger charge is 2.63. The first-order chi connectivity index (χ1) is 5.34. The van der Waals surface area contributed by atoms with Gasteiger partial charge >= 0.3 is 11.4 Å². The van der Waals surface area contributed by atoms with Crippen LogP contribution in [0.2, 0.25) is 0 Å². The van der Waals surface area contributed by atoms with E-state index in [1.165, 1.54) is 0 Å². The van der Waals surface area contributed by atoms with E-state index in [9.17, 15) is 35.3 Å². The molecule has 13 heavy (non-hydrogen) atoms. The molecule has 0 heterocycles. The average Bonchev–Trinajstić information content (AvgIpc) is 1.84. The first-order valence-corrected chi connectivity index (χ1v) is 4.88. The molecule has 82 valence electrons. The minimum Gasteiger partial charge on any atom is -0.794 e. The normalized spacial score (nSPS) is 18.0. The van der Waals surface area contributed by atoms with Crippen LogP contribution in [0.3, 0.4) is 0 Å². The summed E-state index contributed by atoms with van der Waals surface area (Å²) in [6.45, 7) is 0.425. The van der Waals surface area contributed by atoms with Crippen molar-refractivity contribution in [1.82, 2.24) is 0 Å². The largest absolute Gasteiger partial charge is 0.794 e. The molecule has 0 saturated heterocycles. The summed E-state index contributed by atoms with van der Waals surface area (Å²) in [4.78, 5) is 0. The molecule has 0 radical (unpaired) electrons. The summed E-state index contributed by atoms with van der Waals surface area (Å²) in [5, 5.41) is -6.24. The van der Waals surface area contributed by atoms with Crippen LogP contribution >= 0.6 is 0 Å². The van der Waals surface area contributed by atoms with Crippen LogP contribution in [0.25, 0.3) is 0 Å². The third kappa shape index (κ3) is 1.81. The smallest absolute Gasteiger partial charge is 0.462 e. The maximum atomic E-state index is 12.1. The fraction of sp³-hybridized carbons (Fsp3) is 1.00. The molecule has 0 bridgehead atoms. The van der Waals surface area contributed by atoms with E-state index >= 15 is 0 Å². The van der Waals surface area contributed by atoms with Gasteiger partial charge in [-0.15, -0.1) is 0 Å². The summed E-state index contributed by atoms with van der Waals surface area (Å²) in [6, 6.07) is 0. The Morgan fingerprint density at radius 2 is 1.46 bits per heavy atom. The van der Waals surface area contributed by atoms with E-state index in [1.54, 1.807) is 0 Å². The average molecular weight is 228 g/mol. The van der Waals surface area contributed by atoms with Crippen LogP contribution in [0.1, 0.15) is 6.92 Å². The van der Waals surface area contributed by atoms with Crippen molar-refractivity contribution >= 4 is 9.63 Å². The van der Waals surface area contributed by atoms with Crippen molar-refractivity contribution in [3.05, 3.63) is 0 Å². The van der Waals surface area contributed by atoms with E-state index in [4.69, 9.17) is 0 Å². The molecule has 0 aromatic rings. The monoisotopic (exact) mass is 228 g/mol. The number of rotatable bonds is 2. The Labute approximate surface area is 70.0 Å². The van der Waals surface area contributed by atoms with E-state index < -0.39 is 26.8 Å². The van der Waals surface area contributed by atoms with Gasteiger partial charge in [-0.05, 0) is 5.75 Å². The molecule has 0 spiro atoms. The minimum absolute atomic E-state index is 0.425. The van der Waals surface area contributed by atoms with Crippen molar-refractivity contribution in [2.75, 3.05) is 5.75 Å². The van der Waals surface area contributed by atoms with E-state index in [1.807, 2.05) is 0 Å². The van der Waals surface area contributed by atoms with Crippen molar-refractivity contribution in [2.24, 2.45) is 0 Å². The molecule has 0 atom stereocenters. The quantitative estimate of drug-likeness (QED) is 0.668. The fourth-order valence-corrected chi connectivity index (χ4v) is 1.21. The van der Waals surface area contributed by atoms with Gasteiger partial charge in [-0.2, -0.15) is 31.6 Å². The van der Waals surface area contributed by atoms with Crippen LogP contribution in [-0.2, 0) is 9.63 Å². The van der Waals surface area contributed by atoms with Gasteiger partial charge in [0, 0.05) is 0 Å². The Morgan fingerprint density at radius 1 is 1.15 bits per heavy atom. The zero-order valence-electron chi connectivity index (χ0n) is 6.23. The highest BCUT2D eigenvalue weighted by atomic mass is 32.3. The molecule has 0 amide bonds. The molecular formula is C4H5F5O3S-2. The Kier molecular flexibility index (Phi) is 2.55. The summed E-state index contributed by atoms with van der Waals surface area (Å²) in [5.41, 5.74) is 0. The Hall–Kier alpha value is -0.280. The topological polar surface area (TPSA) is 63.2 Å². The van der Waals surface area contributed by atoms with Crippen molar-refractivity contribution in [1.29, 1.82) is 0 Å². The second-order valence-corrected chi connectivity index (χ2v) is 5.25. The first-order valence-electron chi connectivity index (χ1n) is 2.89. The highest BCUT2D eigenvalue weighted by molar-refractivity contribution is 8.11. The lowest BCUT2D eigenvalue weighted by Gasteiger charge is -2.58. The van der Waals surface area contributed by atoms with Crippen molar-refractivity contribution in [2.45, 2.75) is 18.4 Å². The third-order valence-corrected chi connectivity index (χ3v) is 3.54. The van der Waals surface area contributed by atoms with Crippen LogP contribution in [0.5, 0.6) is 0 Å². The molecule has 0 saturated carbocycles. The maximum absolute atomic E-state index is 12.1. The Bertz CT molecular complexity index is 263. The standard InChI is InChI=1S/C4H7F5O3S/c1-2-13(10,11,12)4(8,9)3(5,6)7/h2H2,1H3,(H2,10,11,12)/p-2. The molecule has 0 aliphatic carbocycles. The Morgan fingerprint density at radius 3 is 1.54 bits per heavy atom. The summed E-state index contributed by atoms with van der Waals surface area (Å²) < 4.78 is 89.2. The molecule has 9 heteroatoms. The van der Waals surface area contributed by atoms with Crippen LogP contribution in [0.15, 0.2) is 0 Å². The molecular weight excluding hydrogens is 223 g/mol. The first kappa shape index (κ1) is 12.7. The molecule has 3 nitrogen and oxygen atoms in total. The van der Waals surface area contributed by atoms with Gasteiger partial charge in [-0.1, -0.05) is 6.92 Å². The second-order valence-electron chi connectivity index (χ2n) is 2.26. The predicted octanol–water partition coefficient (Wildman–Crippen LogP) is 1.24. The van der Waals surface area contributed by atoms with E-state index in [2.05, 4.69) is 0 Å². The van der Waals surface area contributed by atoms with E-state index in [0.29, 0.717) is 6.92 Å². The lowest BCUT2D eigenvalue weighted by Crippen LogP contribution is -2.59. The number of hydrogen-bond donors (Lipinski definition) is 0. The number of hydrogen-bond acceptors (Lipinski definition) is 3. The van der Waals surface area contributed by atoms with Crippen molar-refractivity contribution in [3.63, 3.8) is 0 Å². The van der Waals surface area contributed by atoms with Crippen molar-refractivity contribution in [3.8, 4) is 0 Å². The molecule has 0 unspecified atom stereocenters. The molecule has 0 N–H and O–H groups in total. The lowest BCUT2D eigenvalue weighted by molar-refractivity contribution is -0.248. The number of alkyl halides is 5. The summed E-state index contributed by atoms with van der Waals surface area (Å²) in [5.74, 6) is -1.82. The van der Waals surface area contributed by atoms with Gasteiger partial charge in [0.15, 0.2) is 0 Å². The maximum Gasteiger partial charge on any atom is 0.462 e. The molecule has 0 aliphatic rings. The van der Waals surface area contributed by atoms with Crippen LogP contribution in [0, 0.1) is 0 Å². The molecule has 0 fully saturated rings. The van der Waals surface area contributed by atoms with Gasteiger partial charge in [-0.3, -0.25) is 0 Å². The second kappa shape index (κ2) is 2.61. The van der Waals surface area contributed by atoms with Gasteiger partial charge in [0.2, 0.25) is 0 Å². The zero-order valence-corrected chi connectivity index (χ0v) is 7.05. The van der Waals surface area contributed by atoms with E-state index in [0.717, 1.165) is 0 Å².